The molecule has 1 N–H and O–H groups in total. The van der Waals surface area contributed by atoms with Crippen molar-refractivity contribution in [3.05, 3.63) is 66.0 Å². The number of rotatable bonds is 8. The molecule has 8 heteroatoms. The first-order valence-electron chi connectivity index (χ1n) is 11.4. The molecular formula is C26H30N4O4. The molecule has 3 aromatic rings. The van der Waals surface area contributed by atoms with E-state index in [0.29, 0.717) is 30.5 Å². The average Bonchev–Trinajstić information content (AvgIpc) is 2.88. The van der Waals surface area contributed by atoms with Crippen molar-refractivity contribution in [2.24, 2.45) is 5.92 Å². The van der Waals surface area contributed by atoms with Gasteiger partial charge in [0.2, 0.25) is 5.91 Å². The Balaban J connectivity index is 1.44. The molecule has 1 aliphatic rings. The van der Waals surface area contributed by atoms with Crippen LogP contribution < -0.4 is 24.4 Å². The molecule has 1 unspecified atom stereocenters. The molecular weight excluding hydrogens is 432 g/mol. The van der Waals surface area contributed by atoms with Gasteiger partial charge in [-0.25, -0.2) is 9.97 Å². The van der Waals surface area contributed by atoms with Crippen LogP contribution in [0.15, 0.2) is 54.9 Å². The Morgan fingerprint density at radius 3 is 2.71 bits per heavy atom. The van der Waals surface area contributed by atoms with Crippen LogP contribution in [-0.4, -0.2) is 43.2 Å². The van der Waals surface area contributed by atoms with E-state index in [1.807, 2.05) is 49.4 Å². The SMILES string of the molecule is COc1ccc(OC)c(CNC(=O)C2CCCN(c3nccnc3Oc3ccccc3C)C2)c1. The first kappa shape index (κ1) is 23.4. The Morgan fingerprint density at radius 1 is 1.09 bits per heavy atom. The fraction of sp³-hybridized carbons (Fsp3) is 0.346. The molecule has 2 heterocycles. The Bertz CT molecular complexity index is 1140. The molecule has 1 saturated heterocycles. The number of ether oxygens (including phenoxy) is 3. The van der Waals surface area contributed by atoms with Crippen molar-refractivity contribution < 1.29 is 19.0 Å². The molecule has 1 fully saturated rings. The van der Waals surface area contributed by atoms with E-state index in [1.165, 1.54) is 0 Å². The van der Waals surface area contributed by atoms with Crippen molar-refractivity contribution in [1.82, 2.24) is 15.3 Å². The van der Waals surface area contributed by atoms with Gasteiger partial charge in [-0.15, -0.1) is 0 Å². The van der Waals surface area contributed by atoms with Gasteiger partial charge in [-0.3, -0.25) is 4.79 Å². The number of nitrogens with zero attached hydrogens (tertiary/aromatic N) is 3. The lowest BCUT2D eigenvalue weighted by Gasteiger charge is -2.33. The summed E-state index contributed by atoms with van der Waals surface area (Å²) in [5, 5.41) is 3.06. The zero-order chi connectivity index (χ0) is 23.9. The number of hydrogen-bond acceptors (Lipinski definition) is 7. The fourth-order valence-electron chi connectivity index (χ4n) is 4.11. The lowest BCUT2D eigenvalue weighted by atomic mass is 9.97. The van der Waals surface area contributed by atoms with Crippen molar-refractivity contribution in [3.8, 4) is 23.1 Å². The second-order valence-corrected chi connectivity index (χ2v) is 8.23. The van der Waals surface area contributed by atoms with E-state index in [9.17, 15) is 4.79 Å². The average molecular weight is 463 g/mol. The number of hydrogen-bond donors (Lipinski definition) is 1. The van der Waals surface area contributed by atoms with Crippen LogP contribution in [0.25, 0.3) is 0 Å². The predicted octanol–water partition coefficient (Wildman–Crippen LogP) is 4.13. The summed E-state index contributed by atoms with van der Waals surface area (Å²) in [5.41, 5.74) is 1.88. The number of benzene rings is 2. The number of piperidine rings is 1. The maximum atomic E-state index is 13.0. The van der Waals surface area contributed by atoms with Gasteiger partial charge in [0, 0.05) is 37.6 Å². The zero-order valence-corrected chi connectivity index (χ0v) is 19.8. The van der Waals surface area contributed by atoms with Gasteiger partial charge >= 0.3 is 0 Å². The minimum atomic E-state index is -0.168. The monoisotopic (exact) mass is 462 g/mol. The summed E-state index contributed by atoms with van der Waals surface area (Å²) >= 11 is 0. The first-order valence-corrected chi connectivity index (χ1v) is 11.4. The van der Waals surface area contributed by atoms with Crippen LogP contribution >= 0.6 is 0 Å². The Kier molecular flexibility index (Phi) is 7.47. The molecule has 4 rings (SSSR count). The Morgan fingerprint density at radius 2 is 1.91 bits per heavy atom. The van der Waals surface area contributed by atoms with Crippen molar-refractivity contribution in [1.29, 1.82) is 0 Å². The highest BCUT2D eigenvalue weighted by Crippen LogP contribution is 2.32. The van der Waals surface area contributed by atoms with Gasteiger partial charge in [0.15, 0.2) is 5.82 Å². The van der Waals surface area contributed by atoms with E-state index in [0.717, 1.165) is 42.0 Å². The third-order valence-electron chi connectivity index (χ3n) is 5.98. The van der Waals surface area contributed by atoms with E-state index in [2.05, 4.69) is 20.2 Å². The number of carbonyl (C=O) groups excluding carboxylic acids is 1. The van der Waals surface area contributed by atoms with Crippen molar-refractivity contribution in [2.75, 3.05) is 32.2 Å². The lowest BCUT2D eigenvalue weighted by molar-refractivity contribution is -0.125. The number of carbonyl (C=O) groups is 1. The normalized spacial score (nSPS) is 15.5. The van der Waals surface area contributed by atoms with Gasteiger partial charge in [-0.05, 0) is 49.6 Å². The smallest absolute Gasteiger partial charge is 0.263 e. The quantitative estimate of drug-likeness (QED) is 0.539. The summed E-state index contributed by atoms with van der Waals surface area (Å²) in [6.07, 6.45) is 4.96. The summed E-state index contributed by atoms with van der Waals surface area (Å²) < 4.78 is 16.8. The molecule has 34 heavy (non-hydrogen) atoms. The number of para-hydroxylation sites is 1. The second kappa shape index (κ2) is 10.9. The number of amides is 1. The number of nitrogens with one attached hydrogen (secondary N) is 1. The minimum Gasteiger partial charge on any atom is -0.497 e. The standard InChI is InChI=1S/C26H30N4O4/c1-18-7-4-5-9-22(18)34-26-24(27-12-13-28-26)30-14-6-8-19(17-30)25(31)29-16-20-15-21(32-2)10-11-23(20)33-3/h4-5,7,9-13,15,19H,6,8,14,16-17H2,1-3H3,(H,29,31). The van der Waals surface area contributed by atoms with Crippen molar-refractivity contribution in [2.45, 2.75) is 26.3 Å². The molecule has 2 aromatic carbocycles. The van der Waals surface area contributed by atoms with E-state index < -0.39 is 0 Å². The van der Waals surface area contributed by atoms with Crippen LogP contribution in [-0.2, 0) is 11.3 Å². The summed E-state index contributed by atoms with van der Waals surface area (Å²) in [7, 11) is 3.23. The largest absolute Gasteiger partial charge is 0.497 e. The van der Waals surface area contributed by atoms with Crippen LogP contribution in [0.5, 0.6) is 23.1 Å². The summed E-state index contributed by atoms with van der Waals surface area (Å²) in [4.78, 5) is 24.1. The van der Waals surface area contributed by atoms with Crippen LogP contribution in [0.1, 0.15) is 24.0 Å². The molecule has 0 bridgehead atoms. The Hall–Kier alpha value is -3.81. The van der Waals surface area contributed by atoms with Crippen molar-refractivity contribution in [3.63, 3.8) is 0 Å². The van der Waals surface area contributed by atoms with Gasteiger partial charge in [-0.1, -0.05) is 18.2 Å². The molecule has 1 aromatic heterocycles. The fourth-order valence-corrected chi connectivity index (χ4v) is 4.11. The lowest BCUT2D eigenvalue weighted by Crippen LogP contribution is -2.43. The summed E-state index contributed by atoms with van der Waals surface area (Å²) in [6.45, 7) is 3.69. The number of aromatic nitrogens is 2. The van der Waals surface area contributed by atoms with Gasteiger partial charge in [0.05, 0.1) is 20.1 Å². The maximum Gasteiger partial charge on any atom is 0.263 e. The van der Waals surface area contributed by atoms with Crippen molar-refractivity contribution >= 4 is 11.7 Å². The van der Waals surface area contributed by atoms with Gasteiger partial charge in [0.1, 0.15) is 17.2 Å². The molecule has 8 nitrogen and oxygen atoms in total. The van der Waals surface area contributed by atoms with E-state index in [1.54, 1.807) is 26.6 Å². The first-order chi connectivity index (χ1) is 16.6. The third-order valence-corrected chi connectivity index (χ3v) is 5.98. The van der Waals surface area contributed by atoms with Crippen LogP contribution in [0.3, 0.4) is 0 Å². The van der Waals surface area contributed by atoms with E-state index >= 15 is 0 Å². The van der Waals surface area contributed by atoms with E-state index in [4.69, 9.17) is 14.2 Å². The second-order valence-electron chi connectivity index (χ2n) is 8.23. The molecule has 1 amide bonds. The highest BCUT2D eigenvalue weighted by atomic mass is 16.5. The van der Waals surface area contributed by atoms with Gasteiger partial charge in [-0.2, -0.15) is 0 Å². The van der Waals surface area contributed by atoms with Gasteiger partial charge in [0.25, 0.3) is 5.88 Å². The van der Waals surface area contributed by atoms with Crippen LogP contribution in [0.2, 0.25) is 0 Å². The maximum absolute atomic E-state index is 13.0. The molecule has 0 spiro atoms. The zero-order valence-electron chi connectivity index (χ0n) is 19.8. The highest BCUT2D eigenvalue weighted by molar-refractivity contribution is 5.79. The summed E-state index contributed by atoms with van der Waals surface area (Å²) in [6, 6.07) is 13.3. The molecule has 0 saturated carbocycles. The molecule has 1 aliphatic heterocycles. The van der Waals surface area contributed by atoms with Crippen LogP contribution in [0.4, 0.5) is 5.82 Å². The van der Waals surface area contributed by atoms with Gasteiger partial charge < -0.3 is 24.4 Å². The topological polar surface area (TPSA) is 85.8 Å². The predicted molar refractivity (Wildman–Crippen MR) is 130 cm³/mol. The third kappa shape index (κ3) is 5.39. The highest BCUT2D eigenvalue weighted by Gasteiger charge is 2.28. The number of aryl methyl sites for hydroxylation is 1. The molecule has 0 radical (unpaired) electrons. The van der Waals surface area contributed by atoms with Crippen LogP contribution in [0, 0.1) is 12.8 Å². The summed E-state index contributed by atoms with van der Waals surface area (Å²) in [5.74, 6) is 3.10. The van der Waals surface area contributed by atoms with E-state index in [-0.39, 0.29) is 11.8 Å². The number of methoxy groups -OCH3 is 2. The number of anilines is 1. The Labute approximate surface area is 199 Å². The minimum absolute atomic E-state index is 0.000152. The molecule has 1 atom stereocenters. The molecule has 178 valence electrons. The molecule has 0 aliphatic carbocycles.